The van der Waals surface area contributed by atoms with Gasteiger partial charge in [0, 0.05) is 0 Å². The number of carbonyl (C=O) groups is 5. The van der Waals surface area contributed by atoms with Crippen molar-refractivity contribution in [2.24, 2.45) is 17.4 Å². The first kappa shape index (κ1) is 22.3. The molecule has 4 atom stereocenters. The van der Waals surface area contributed by atoms with Gasteiger partial charge in [-0.15, -0.1) is 0 Å². The summed E-state index contributed by atoms with van der Waals surface area (Å²) in [6.45, 7) is 3.33. The van der Waals surface area contributed by atoms with E-state index < -0.39 is 66.5 Å². The lowest BCUT2D eigenvalue weighted by Crippen LogP contribution is -2.56. The molecule has 11 heteroatoms. The van der Waals surface area contributed by atoms with Crippen LogP contribution in [0.2, 0.25) is 0 Å². The van der Waals surface area contributed by atoms with Crippen molar-refractivity contribution in [2.45, 2.75) is 51.2 Å². The lowest BCUT2D eigenvalue weighted by atomic mass is 9.98. The van der Waals surface area contributed by atoms with Gasteiger partial charge in [0.05, 0.1) is 18.9 Å². The summed E-state index contributed by atoms with van der Waals surface area (Å²) in [7, 11) is 0. The molecule has 0 aromatic heterocycles. The van der Waals surface area contributed by atoms with Gasteiger partial charge in [-0.2, -0.15) is 0 Å². The zero-order chi connectivity index (χ0) is 19.7. The number of nitrogens with one attached hydrogen (secondary N) is 2. The lowest BCUT2D eigenvalue weighted by Gasteiger charge is -2.24. The van der Waals surface area contributed by atoms with Crippen LogP contribution in [0, 0.1) is 5.92 Å². The van der Waals surface area contributed by atoms with E-state index in [9.17, 15) is 24.0 Å². The molecule has 0 fully saturated rings. The van der Waals surface area contributed by atoms with Crippen molar-refractivity contribution in [3.05, 3.63) is 0 Å². The van der Waals surface area contributed by atoms with Crippen LogP contribution in [0.3, 0.4) is 0 Å². The van der Waals surface area contributed by atoms with Gasteiger partial charge in [0.2, 0.25) is 17.7 Å². The molecule has 0 saturated carbocycles. The Morgan fingerprint density at radius 2 is 1.56 bits per heavy atom. The van der Waals surface area contributed by atoms with Crippen LogP contribution in [-0.4, -0.2) is 58.0 Å². The fraction of sp³-hybridized carbons (Fsp3) is 0.643. The second kappa shape index (κ2) is 10.2. The van der Waals surface area contributed by atoms with Crippen molar-refractivity contribution >= 4 is 29.7 Å². The summed E-state index contributed by atoms with van der Waals surface area (Å²) < 4.78 is 0. The van der Waals surface area contributed by atoms with Crippen LogP contribution in [0.15, 0.2) is 0 Å². The highest BCUT2D eigenvalue weighted by molar-refractivity contribution is 5.95. The highest BCUT2D eigenvalue weighted by atomic mass is 16.4. The summed E-state index contributed by atoms with van der Waals surface area (Å²) in [4.78, 5) is 57.0. The fourth-order valence-corrected chi connectivity index (χ4v) is 1.91. The summed E-state index contributed by atoms with van der Waals surface area (Å²) in [5.74, 6) is -5.86. The van der Waals surface area contributed by atoms with Crippen LogP contribution in [0.1, 0.15) is 33.1 Å². The van der Waals surface area contributed by atoms with Crippen molar-refractivity contribution in [3.8, 4) is 0 Å². The number of carboxylic acids is 2. The maximum Gasteiger partial charge on any atom is 0.326 e. The highest BCUT2D eigenvalue weighted by Crippen LogP contribution is 2.09. The van der Waals surface area contributed by atoms with Gasteiger partial charge in [0.25, 0.3) is 0 Å². The molecule has 0 aromatic rings. The normalized spacial score (nSPS) is 15.3. The summed E-state index contributed by atoms with van der Waals surface area (Å²) in [6, 6.07) is -4.15. The van der Waals surface area contributed by atoms with E-state index >= 15 is 0 Å². The van der Waals surface area contributed by atoms with E-state index in [2.05, 4.69) is 10.6 Å². The van der Waals surface area contributed by atoms with E-state index in [0.717, 1.165) is 0 Å². The molecule has 4 unspecified atom stereocenters. The number of hydrogen-bond acceptors (Lipinski definition) is 6. The summed E-state index contributed by atoms with van der Waals surface area (Å²) in [5.41, 5.74) is 10.3. The highest BCUT2D eigenvalue weighted by Gasteiger charge is 2.31. The maximum absolute atomic E-state index is 12.2. The van der Waals surface area contributed by atoms with Crippen molar-refractivity contribution in [1.82, 2.24) is 10.6 Å². The fourth-order valence-electron chi connectivity index (χ4n) is 1.91. The number of aliphatic carboxylic acids is 2. The van der Waals surface area contributed by atoms with E-state index in [1.54, 1.807) is 13.8 Å². The molecule has 0 rings (SSSR count). The Kier molecular flexibility index (Phi) is 9.13. The lowest BCUT2D eigenvalue weighted by molar-refractivity contribution is -0.144. The molecule has 3 amide bonds. The van der Waals surface area contributed by atoms with Crippen molar-refractivity contribution in [2.75, 3.05) is 0 Å². The number of nitrogens with two attached hydrogens (primary N) is 2. The van der Waals surface area contributed by atoms with Crippen LogP contribution < -0.4 is 22.1 Å². The number of carbonyl (C=O) groups excluding carboxylic acids is 3. The Hall–Kier alpha value is -2.69. The number of hydrogen-bond donors (Lipinski definition) is 6. The summed E-state index contributed by atoms with van der Waals surface area (Å²) in [5, 5.41) is 22.3. The van der Waals surface area contributed by atoms with Crippen LogP contribution in [-0.2, 0) is 24.0 Å². The Bertz CT molecular complexity index is 537. The molecule has 0 aliphatic carbocycles. The Balaban J connectivity index is 5.14. The van der Waals surface area contributed by atoms with Crippen LogP contribution in [0.4, 0.5) is 0 Å². The predicted octanol–water partition coefficient (Wildman–Crippen LogP) is -2.24. The van der Waals surface area contributed by atoms with E-state index in [1.165, 1.54) is 0 Å². The van der Waals surface area contributed by atoms with Gasteiger partial charge in [0.15, 0.2) is 0 Å². The Morgan fingerprint density at radius 1 is 1.00 bits per heavy atom. The topological polar surface area (TPSA) is 202 Å². The minimum Gasteiger partial charge on any atom is -0.481 e. The second-order valence-corrected chi connectivity index (χ2v) is 5.65. The molecule has 142 valence electrons. The molecule has 8 N–H and O–H groups in total. The van der Waals surface area contributed by atoms with Gasteiger partial charge >= 0.3 is 11.9 Å². The van der Waals surface area contributed by atoms with E-state index in [4.69, 9.17) is 21.7 Å². The molecule has 0 radical (unpaired) electrons. The average molecular weight is 360 g/mol. The molecule has 0 aromatic carbocycles. The van der Waals surface area contributed by atoms with E-state index in [0.29, 0.717) is 6.42 Å². The summed E-state index contributed by atoms with van der Waals surface area (Å²) >= 11 is 0. The second-order valence-electron chi connectivity index (χ2n) is 5.65. The van der Waals surface area contributed by atoms with Crippen molar-refractivity contribution in [3.63, 3.8) is 0 Å². The molecule has 25 heavy (non-hydrogen) atoms. The maximum atomic E-state index is 12.2. The zero-order valence-corrected chi connectivity index (χ0v) is 14.0. The molecule has 0 bridgehead atoms. The van der Waals surface area contributed by atoms with Gasteiger partial charge in [-0.3, -0.25) is 19.2 Å². The zero-order valence-electron chi connectivity index (χ0n) is 14.0. The van der Waals surface area contributed by atoms with Crippen LogP contribution >= 0.6 is 0 Å². The molecule has 0 saturated heterocycles. The van der Waals surface area contributed by atoms with Crippen LogP contribution in [0.5, 0.6) is 0 Å². The smallest absolute Gasteiger partial charge is 0.326 e. The molecular formula is C14H24N4O7. The first-order valence-corrected chi connectivity index (χ1v) is 7.58. The average Bonchev–Trinajstić information content (AvgIpc) is 2.49. The van der Waals surface area contributed by atoms with Gasteiger partial charge in [-0.25, -0.2) is 4.79 Å². The first-order chi connectivity index (χ1) is 11.5. The first-order valence-electron chi connectivity index (χ1n) is 7.58. The van der Waals surface area contributed by atoms with Crippen molar-refractivity contribution < 1.29 is 34.2 Å². The largest absolute Gasteiger partial charge is 0.481 e. The molecule has 11 nitrogen and oxygen atoms in total. The van der Waals surface area contributed by atoms with Gasteiger partial charge in [-0.1, -0.05) is 20.3 Å². The number of carboxylic acid groups (broad SMARTS) is 2. The van der Waals surface area contributed by atoms with E-state index in [-0.39, 0.29) is 0 Å². The number of amides is 3. The Labute approximate surface area is 144 Å². The molecular weight excluding hydrogens is 336 g/mol. The predicted molar refractivity (Wildman–Crippen MR) is 85.0 cm³/mol. The van der Waals surface area contributed by atoms with Gasteiger partial charge < -0.3 is 32.3 Å². The minimum atomic E-state index is -1.55. The number of primary amides is 1. The van der Waals surface area contributed by atoms with Gasteiger partial charge in [-0.05, 0) is 5.92 Å². The third kappa shape index (κ3) is 8.11. The Morgan fingerprint density at radius 3 is 1.96 bits per heavy atom. The minimum absolute atomic E-state index is 0.417. The quantitative estimate of drug-likeness (QED) is 0.237. The van der Waals surface area contributed by atoms with E-state index in [1.807, 2.05) is 0 Å². The number of rotatable bonds is 11. The monoisotopic (exact) mass is 360 g/mol. The molecule has 0 aliphatic heterocycles. The van der Waals surface area contributed by atoms with Crippen LogP contribution in [0.25, 0.3) is 0 Å². The molecule has 0 heterocycles. The van der Waals surface area contributed by atoms with Gasteiger partial charge in [0.1, 0.15) is 12.1 Å². The standard InChI is InChI=1S/C14H24N4O7/c1-3-6(2)11(14(24)25)18-13(23)8(5-10(20)21)17-12(22)7(15)4-9(16)19/h6-8,11H,3-5,15H2,1-2H3,(H2,16,19)(H,17,22)(H,18,23)(H,20,21)(H,24,25). The molecule has 0 spiro atoms. The third-order valence-electron chi connectivity index (χ3n) is 3.55. The van der Waals surface area contributed by atoms with Crippen molar-refractivity contribution in [1.29, 1.82) is 0 Å². The summed E-state index contributed by atoms with van der Waals surface area (Å²) in [6.07, 6.45) is -0.817. The third-order valence-corrected chi connectivity index (χ3v) is 3.55. The SMILES string of the molecule is CCC(C)C(NC(=O)C(CC(=O)O)NC(=O)C(N)CC(N)=O)C(=O)O. The molecule has 0 aliphatic rings.